The maximum atomic E-state index is 12.1. The molecule has 0 aromatic rings. The Hall–Kier alpha value is -0.780. The molecule has 0 radical (unpaired) electrons. The van der Waals surface area contributed by atoms with Gasteiger partial charge >= 0.3 is 12.1 Å². The van der Waals surface area contributed by atoms with E-state index in [9.17, 15) is 18.0 Å². The maximum Gasteiger partial charge on any atom is 0.401 e. The van der Waals surface area contributed by atoms with Crippen molar-refractivity contribution in [2.45, 2.75) is 44.3 Å². The molecule has 6 heteroatoms. The molecule has 2 atom stereocenters. The molecule has 94 valence electrons. The van der Waals surface area contributed by atoms with Crippen LogP contribution in [0.3, 0.4) is 0 Å². The third-order valence-corrected chi connectivity index (χ3v) is 3.23. The third kappa shape index (κ3) is 3.10. The number of carboxylic acids is 1. The highest BCUT2D eigenvalue weighted by atomic mass is 19.4. The topological polar surface area (TPSA) is 49.3 Å². The summed E-state index contributed by atoms with van der Waals surface area (Å²) in [4.78, 5) is 11.1. The lowest BCUT2D eigenvalue weighted by Crippen LogP contribution is -2.53. The molecule has 2 unspecified atom stereocenters. The van der Waals surface area contributed by atoms with Gasteiger partial charge in [0.15, 0.2) is 0 Å². The molecule has 0 aliphatic heterocycles. The summed E-state index contributed by atoms with van der Waals surface area (Å²) in [6.07, 6.45) is -2.32. The molecule has 0 spiro atoms. The molecular formula is C10H16F3NO2. The Bertz CT molecular complexity index is 267. The van der Waals surface area contributed by atoms with Gasteiger partial charge in [-0.05, 0) is 25.2 Å². The molecule has 3 nitrogen and oxygen atoms in total. The molecule has 1 saturated carbocycles. The fourth-order valence-corrected chi connectivity index (χ4v) is 2.20. The highest BCUT2D eigenvalue weighted by Crippen LogP contribution is 2.37. The molecule has 16 heavy (non-hydrogen) atoms. The van der Waals surface area contributed by atoms with Crippen molar-refractivity contribution in [1.29, 1.82) is 0 Å². The zero-order valence-electron chi connectivity index (χ0n) is 9.10. The molecule has 0 aromatic carbocycles. The molecule has 1 fully saturated rings. The quantitative estimate of drug-likeness (QED) is 0.790. The normalized spacial score (nSPS) is 30.6. The Morgan fingerprint density at radius 2 is 2.19 bits per heavy atom. The average molecular weight is 239 g/mol. The molecule has 0 aromatic heterocycles. The summed E-state index contributed by atoms with van der Waals surface area (Å²) in [6.45, 7) is 0.683. The van der Waals surface area contributed by atoms with Crippen molar-refractivity contribution in [2.24, 2.45) is 5.92 Å². The monoisotopic (exact) mass is 239 g/mol. The summed E-state index contributed by atoms with van der Waals surface area (Å²) in [7, 11) is 0. The van der Waals surface area contributed by atoms with Gasteiger partial charge in [0.05, 0.1) is 6.54 Å². The van der Waals surface area contributed by atoms with E-state index in [2.05, 4.69) is 5.32 Å². The van der Waals surface area contributed by atoms with Crippen LogP contribution in [0.1, 0.15) is 32.6 Å². The van der Waals surface area contributed by atoms with Gasteiger partial charge in [0.25, 0.3) is 0 Å². The number of rotatable bonds is 4. The van der Waals surface area contributed by atoms with E-state index in [1.54, 1.807) is 0 Å². The van der Waals surface area contributed by atoms with Gasteiger partial charge < -0.3 is 5.11 Å². The van der Waals surface area contributed by atoms with Crippen molar-refractivity contribution in [3.63, 3.8) is 0 Å². The van der Waals surface area contributed by atoms with Crippen molar-refractivity contribution in [3.8, 4) is 0 Å². The number of alkyl halides is 3. The van der Waals surface area contributed by atoms with Crippen LogP contribution in [0.15, 0.2) is 0 Å². The number of halogens is 3. The van der Waals surface area contributed by atoms with E-state index in [0.717, 1.165) is 6.42 Å². The van der Waals surface area contributed by atoms with Crippen molar-refractivity contribution in [1.82, 2.24) is 5.32 Å². The highest BCUT2D eigenvalue weighted by Gasteiger charge is 2.46. The minimum absolute atomic E-state index is 0.205. The van der Waals surface area contributed by atoms with Crippen molar-refractivity contribution in [2.75, 3.05) is 6.54 Å². The van der Waals surface area contributed by atoms with Crippen LogP contribution in [-0.4, -0.2) is 29.3 Å². The van der Waals surface area contributed by atoms with Gasteiger partial charge in [-0.25, -0.2) is 0 Å². The molecule has 1 aliphatic carbocycles. The average Bonchev–Trinajstić information content (AvgIpc) is 2.58. The van der Waals surface area contributed by atoms with Crippen LogP contribution >= 0.6 is 0 Å². The van der Waals surface area contributed by atoms with Gasteiger partial charge in [-0.15, -0.1) is 0 Å². The molecule has 1 aliphatic rings. The maximum absolute atomic E-state index is 12.1. The minimum Gasteiger partial charge on any atom is -0.480 e. The Morgan fingerprint density at radius 3 is 2.56 bits per heavy atom. The standard InChI is InChI=1S/C10H16F3NO2/c1-2-7-3-4-9(5-7,8(15)16)14-6-10(11,12)13/h7,14H,2-6H2,1H3,(H,15,16). The zero-order valence-corrected chi connectivity index (χ0v) is 9.10. The summed E-state index contributed by atoms with van der Waals surface area (Å²) in [5.74, 6) is -0.968. The Balaban J connectivity index is 2.65. The molecular weight excluding hydrogens is 223 g/mol. The third-order valence-electron chi connectivity index (χ3n) is 3.23. The predicted molar refractivity (Wildman–Crippen MR) is 52.1 cm³/mol. The van der Waals surface area contributed by atoms with Gasteiger partial charge in [0, 0.05) is 0 Å². The van der Waals surface area contributed by atoms with Gasteiger partial charge in [-0.1, -0.05) is 13.3 Å². The Morgan fingerprint density at radius 1 is 1.56 bits per heavy atom. The van der Waals surface area contributed by atoms with Crippen molar-refractivity contribution < 1.29 is 23.1 Å². The predicted octanol–water partition coefficient (Wildman–Crippen LogP) is 2.17. The largest absolute Gasteiger partial charge is 0.480 e. The number of carboxylic acid groups (broad SMARTS) is 1. The van der Waals surface area contributed by atoms with Crippen LogP contribution in [0, 0.1) is 5.92 Å². The van der Waals surface area contributed by atoms with Gasteiger partial charge in [-0.3, -0.25) is 10.1 Å². The first kappa shape index (κ1) is 13.3. The van der Waals surface area contributed by atoms with Crippen LogP contribution in [0.4, 0.5) is 13.2 Å². The van der Waals surface area contributed by atoms with Gasteiger partial charge in [0.1, 0.15) is 5.54 Å². The van der Waals surface area contributed by atoms with Gasteiger partial charge in [0.2, 0.25) is 0 Å². The van der Waals surface area contributed by atoms with Crippen LogP contribution in [0.5, 0.6) is 0 Å². The van der Waals surface area contributed by atoms with Crippen LogP contribution < -0.4 is 5.32 Å². The van der Waals surface area contributed by atoms with E-state index in [4.69, 9.17) is 5.11 Å². The van der Waals surface area contributed by atoms with E-state index in [1.165, 1.54) is 0 Å². The Kier molecular flexibility index (Phi) is 3.83. The summed E-state index contributed by atoms with van der Waals surface area (Å²) in [6, 6.07) is 0. The minimum atomic E-state index is -4.37. The summed E-state index contributed by atoms with van der Waals surface area (Å²) < 4.78 is 36.2. The first-order valence-electron chi connectivity index (χ1n) is 5.34. The van der Waals surface area contributed by atoms with Gasteiger partial charge in [-0.2, -0.15) is 13.2 Å². The van der Waals surface area contributed by atoms with Crippen LogP contribution in [0.2, 0.25) is 0 Å². The van der Waals surface area contributed by atoms with Crippen LogP contribution in [0.25, 0.3) is 0 Å². The Labute approximate surface area is 92.0 Å². The van der Waals surface area contributed by atoms with E-state index >= 15 is 0 Å². The smallest absolute Gasteiger partial charge is 0.401 e. The van der Waals surface area contributed by atoms with E-state index in [1.807, 2.05) is 6.92 Å². The highest BCUT2D eigenvalue weighted by molar-refractivity contribution is 5.79. The molecule has 1 rings (SSSR count). The number of hydrogen-bond donors (Lipinski definition) is 2. The molecule has 2 N–H and O–H groups in total. The second-order valence-corrected chi connectivity index (χ2v) is 4.37. The second-order valence-electron chi connectivity index (χ2n) is 4.37. The fraction of sp³-hybridized carbons (Fsp3) is 0.900. The summed E-state index contributed by atoms with van der Waals surface area (Å²) in [5.41, 5.74) is -1.38. The molecule has 0 bridgehead atoms. The van der Waals surface area contributed by atoms with E-state index < -0.39 is 24.2 Å². The number of carbonyl (C=O) groups is 1. The lowest BCUT2D eigenvalue weighted by molar-refractivity contribution is -0.150. The van der Waals surface area contributed by atoms with E-state index in [-0.39, 0.29) is 18.8 Å². The number of nitrogens with one attached hydrogen (secondary N) is 1. The lowest BCUT2D eigenvalue weighted by Gasteiger charge is -2.26. The fourth-order valence-electron chi connectivity index (χ4n) is 2.20. The molecule has 0 saturated heterocycles. The second kappa shape index (κ2) is 4.61. The summed E-state index contributed by atoms with van der Waals surface area (Å²) in [5, 5.41) is 11.2. The first-order valence-corrected chi connectivity index (χ1v) is 5.34. The van der Waals surface area contributed by atoms with Crippen molar-refractivity contribution >= 4 is 5.97 Å². The first-order chi connectivity index (χ1) is 7.29. The molecule has 0 heterocycles. The van der Waals surface area contributed by atoms with E-state index in [0.29, 0.717) is 6.42 Å². The van der Waals surface area contributed by atoms with Crippen LogP contribution in [-0.2, 0) is 4.79 Å². The lowest BCUT2D eigenvalue weighted by atomic mass is 9.95. The number of hydrogen-bond acceptors (Lipinski definition) is 2. The van der Waals surface area contributed by atoms with Crippen molar-refractivity contribution in [3.05, 3.63) is 0 Å². The summed E-state index contributed by atoms with van der Waals surface area (Å²) >= 11 is 0. The zero-order chi connectivity index (χ0) is 12.4. The SMILES string of the molecule is CCC1CCC(NCC(F)(F)F)(C(=O)O)C1. The molecule has 0 amide bonds. The number of aliphatic carboxylic acids is 1.